The first-order valence-corrected chi connectivity index (χ1v) is 12.5. The number of alkyl halides is 2. The standard InChI is InChI=1S/C24H27ClN2O6.CH2Cl2/c1-12(2)10-32-18-8-16(23(28)30-5)26-21-14(18)7-15-19(33-11-13(3)4)9-17(24(29)31-6)27-22(15)20(21)25;2-1-3/h7-9,12-13H,10-11H2,1-6H3;1H2. The minimum absolute atomic E-state index is 0.0467. The van der Waals surface area contributed by atoms with E-state index in [1.165, 1.54) is 26.4 Å². The molecule has 3 rings (SSSR count). The number of pyridine rings is 2. The largest absolute Gasteiger partial charge is 0.493 e. The molecule has 0 bridgehead atoms. The topological polar surface area (TPSA) is 96.8 Å². The molecule has 0 atom stereocenters. The summed E-state index contributed by atoms with van der Waals surface area (Å²) in [5.74, 6) is 0.119. The normalized spacial score (nSPS) is 10.9. The van der Waals surface area contributed by atoms with Crippen LogP contribution in [0.1, 0.15) is 48.7 Å². The van der Waals surface area contributed by atoms with E-state index >= 15 is 0 Å². The van der Waals surface area contributed by atoms with Crippen molar-refractivity contribution in [2.75, 3.05) is 32.8 Å². The SMILES string of the molecule is COC(=O)c1cc(OCC(C)C)c2cc3c(OCC(C)C)cc(C(=O)OC)nc3c(Cl)c2n1.ClCCl. The summed E-state index contributed by atoms with van der Waals surface area (Å²) in [6.07, 6.45) is 0. The Kier molecular flexibility index (Phi) is 11.3. The molecule has 0 N–H and O–H groups in total. The van der Waals surface area contributed by atoms with Crippen molar-refractivity contribution in [3.8, 4) is 11.5 Å². The Hall–Kier alpha value is -2.55. The summed E-state index contributed by atoms with van der Waals surface area (Å²) in [4.78, 5) is 33.3. The predicted molar refractivity (Wildman–Crippen MR) is 142 cm³/mol. The number of benzene rings is 1. The van der Waals surface area contributed by atoms with Gasteiger partial charge in [-0.05, 0) is 17.9 Å². The molecule has 0 saturated carbocycles. The number of rotatable bonds is 8. The molecule has 8 nitrogen and oxygen atoms in total. The molecule has 0 amide bonds. The fourth-order valence-electron chi connectivity index (χ4n) is 3.10. The molecule has 0 unspecified atom stereocenters. The third kappa shape index (κ3) is 7.24. The number of fused-ring (bicyclic) bond motifs is 2. The molecule has 196 valence electrons. The van der Waals surface area contributed by atoms with Crippen LogP contribution in [0.25, 0.3) is 21.8 Å². The van der Waals surface area contributed by atoms with Gasteiger partial charge < -0.3 is 18.9 Å². The lowest BCUT2D eigenvalue weighted by Crippen LogP contribution is -2.10. The van der Waals surface area contributed by atoms with Crippen LogP contribution in [0.5, 0.6) is 11.5 Å². The molecular formula is C25H29Cl3N2O6. The number of hydrogen-bond acceptors (Lipinski definition) is 8. The number of methoxy groups -OCH3 is 2. The van der Waals surface area contributed by atoms with Gasteiger partial charge in [0.2, 0.25) is 0 Å². The maximum atomic E-state index is 12.2. The second-order valence-corrected chi connectivity index (χ2v) is 9.67. The number of aromatic nitrogens is 2. The van der Waals surface area contributed by atoms with E-state index in [1.54, 1.807) is 6.07 Å². The second-order valence-electron chi connectivity index (χ2n) is 8.49. The van der Waals surface area contributed by atoms with Crippen molar-refractivity contribution in [3.63, 3.8) is 0 Å². The van der Waals surface area contributed by atoms with Crippen LogP contribution < -0.4 is 9.47 Å². The maximum Gasteiger partial charge on any atom is 0.356 e. The van der Waals surface area contributed by atoms with Crippen LogP contribution in [0.2, 0.25) is 5.02 Å². The Morgan fingerprint density at radius 1 is 0.778 bits per heavy atom. The van der Waals surface area contributed by atoms with E-state index in [4.69, 9.17) is 53.8 Å². The number of nitrogens with zero attached hydrogens (tertiary/aromatic N) is 2. The number of ether oxygens (including phenoxy) is 4. The number of esters is 2. The average Bonchev–Trinajstić information content (AvgIpc) is 2.85. The third-order valence-corrected chi connectivity index (χ3v) is 5.04. The summed E-state index contributed by atoms with van der Waals surface area (Å²) >= 11 is 16.3. The summed E-state index contributed by atoms with van der Waals surface area (Å²) in [6, 6.07) is 4.86. The molecular weight excluding hydrogens is 531 g/mol. The van der Waals surface area contributed by atoms with E-state index in [1.807, 2.05) is 27.7 Å². The van der Waals surface area contributed by atoms with Crippen LogP contribution in [-0.4, -0.2) is 54.7 Å². The molecule has 0 spiro atoms. The summed E-state index contributed by atoms with van der Waals surface area (Å²) < 4.78 is 21.7. The zero-order chi connectivity index (χ0) is 27.0. The average molecular weight is 560 g/mol. The van der Waals surface area contributed by atoms with Gasteiger partial charge in [-0.2, -0.15) is 0 Å². The maximum absolute atomic E-state index is 12.2. The number of halogens is 3. The first-order valence-electron chi connectivity index (χ1n) is 11.1. The van der Waals surface area contributed by atoms with Crippen molar-refractivity contribution < 1.29 is 28.5 Å². The van der Waals surface area contributed by atoms with Gasteiger partial charge in [0.1, 0.15) is 11.5 Å². The van der Waals surface area contributed by atoms with Gasteiger partial charge in [0.25, 0.3) is 0 Å². The van der Waals surface area contributed by atoms with E-state index in [0.29, 0.717) is 46.5 Å². The monoisotopic (exact) mass is 558 g/mol. The molecule has 0 aliphatic carbocycles. The van der Waals surface area contributed by atoms with Gasteiger partial charge in [-0.15, -0.1) is 23.2 Å². The molecule has 0 fully saturated rings. The highest BCUT2D eigenvalue weighted by molar-refractivity contribution is 6.41. The Bertz CT molecular complexity index is 1140. The van der Waals surface area contributed by atoms with Crippen molar-refractivity contribution in [2.45, 2.75) is 27.7 Å². The van der Waals surface area contributed by atoms with E-state index in [0.717, 1.165) is 0 Å². The predicted octanol–water partition coefficient (Wildman–Crippen LogP) is 6.50. The zero-order valence-electron chi connectivity index (χ0n) is 21.0. The highest BCUT2D eigenvalue weighted by Crippen LogP contribution is 2.39. The Morgan fingerprint density at radius 3 is 1.44 bits per heavy atom. The Labute approximate surface area is 225 Å². The molecule has 2 heterocycles. The van der Waals surface area contributed by atoms with E-state index in [9.17, 15) is 9.59 Å². The smallest absolute Gasteiger partial charge is 0.356 e. The molecule has 0 aliphatic heterocycles. The summed E-state index contributed by atoms with van der Waals surface area (Å²) in [5, 5.41) is 1.52. The van der Waals surface area contributed by atoms with Crippen molar-refractivity contribution in [1.29, 1.82) is 0 Å². The molecule has 11 heteroatoms. The van der Waals surface area contributed by atoms with Crippen LogP contribution in [-0.2, 0) is 9.47 Å². The number of carbonyl (C=O) groups is 2. The van der Waals surface area contributed by atoms with Crippen molar-refractivity contribution in [2.24, 2.45) is 11.8 Å². The quantitative estimate of drug-likeness (QED) is 0.175. The second kappa shape index (κ2) is 13.7. The summed E-state index contributed by atoms with van der Waals surface area (Å²) in [6.45, 7) is 8.91. The minimum atomic E-state index is -0.625. The van der Waals surface area contributed by atoms with Crippen molar-refractivity contribution >= 4 is 68.5 Å². The molecule has 0 radical (unpaired) electrons. The van der Waals surface area contributed by atoms with Crippen LogP contribution >= 0.6 is 34.8 Å². The molecule has 3 aromatic rings. The van der Waals surface area contributed by atoms with Gasteiger partial charge in [0.05, 0.1) is 48.8 Å². The number of carbonyl (C=O) groups excluding carboxylic acids is 2. The van der Waals surface area contributed by atoms with Gasteiger partial charge in [0.15, 0.2) is 11.4 Å². The van der Waals surface area contributed by atoms with E-state index < -0.39 is 11.9 Å². The van der Waals surface area contributed by atoms with Crippen LogP contribution in [0.15, 0.2) is 18.2 Å². The Morgan fingerprint density at radius 2 is 1.14 bits per heavy atom. The summed E-state index contributed by atoms with van der Waals surface area (Å²) in [5.41, 5.74) is 0.695. The molecule has 1 aromatic carbocycles. The first kappa shape index (κ1) is 29.7. The lowest BCUT2D eigenvalue weighted by molar-refractivity contribution is 0.0585. The summed E-state index contributed by atoms with van der Waals surface area (Å²) in [7, 11) is 2.54. The fraction of sp³-hybridized carbons (Fsp3) is 0.440. The van der Waals surface area contributed by atoms with E-state index in [-0.39, 0.29) is 33.6 Å². The van der Waals surface area contributed by atoms with Gasteiger partial charge >= 0.3 is 11.9 Å². The molecule has 0 aliphatic rings. The van der Waals surface area contributed by atoms with Crippen LogP contribution in [0.3, 0.4) is 0 Å². The van der Waals surface area contributed by atoms with Crippen molar-refractivity contribution in [3.05, 3.63) is 34.6 Å². The van der Waals surface area contributed by atoms with Gasteiger partial charge in [-0.25, -0.2) is 19.6 Å². The lowest BCUT2D eigenvalue weighted by atomic mass is 10.1. The van der Waals surface area contributed by atoms with Gasteiger partial charge in [0, 0.05) is 22.9 Å². The van der Waals surface area contributed by atoms with Crippen LogP contribution in [0, 0.1) is 11.8 Å². The third-order valence-electron chi connectivity index (χ3n) is 4.68. The first-order chi connectivity index (χ1) is 17.1. The number of hydrogen-bond donors (Lipinski definition) is 0. The van der Waals surface area contributed by atoms with E-state index in [2.05, 4.69) is 9.97 Å². The highest BCUT2D eigenvalue weighted by atomic mass is 35.5. The lowest BCUT2D eigenvalue weighted by Gasteiger charge is -2.16. The minimum Gasteiger partial charge on any atom is -0.493 e. The van der Waals surface area contributed by atoms with Gasteiger partial charge in [-0.3, -0.25) is 0 Å². The molecule has 0 saturated heterocycles. The van der Waals surface area contributed by atoms with Crippen LogP contribution in [0.4, 0.5) is 0 Å². The fourth-order valence-corrected chi connectivity index (χ4v) is 3.39. The molecule has 36 heavy (non-hydrogen) atoms. The highest BCUT2D eigenvalue weighted by Gasteiger charge is 2.22. The zero-order valence-corrected chi connectivity index (χ0v) is 23.3. The van der Waals surface area contributed by atoms with Gasteiger partial charge in [-0.1, -0.05) is 39.3 Å². The van der Waals surface area contributed by atoms with Crippen molar-refractivity contribution in [1.82, 2.24) is 9.97 Å². The Balaban J connectivity index is 0.00000145. The molecule has 2 aromatic heterocycles.